The number of fused-ring (bicyclic) bond motifs is 3. The molecule has 3 rings (SSSR count). The zero-order valence-corrected chi connectivity index (χ0v) is 10.6. The van der Waals surface area contributed by atoms with E-state index in [2.05, 4.69) is 25.1 Å². The van der Waals surface area contributed by atoms with Crippen LogP contribution in [0.4, 0.5) is 0 Å². The quantitative estimate of drug-likeness (QED) is 0.631. The second kappa shape index (κ2) is 3.97. The van der Waals surface area contributed by atoms with Gasteiger partial charge >= 0.3 is 7.12 Å². The van der Waals surface area contributed by atoms with Crippen molar-refractivity contribution in [3.05, 3.63) is 52.6 Å². The summed E-state index contributed by atoms with van der Waals surface area (Å²) in [5.41, 5.74) is 7.78. The first-order valence-corrected chi connectivity index (χ1v) is 6.17. The van der Waals surface area contributed by atoms with E-state index in [1.54, 1.807) is 0 Å². The molecule has 0 unspecified atom stereocenters. The smallest absolute Gasteiger partial charge is 0.423 e. The van der Waals surface area contributed by atoms with Crippen LogP contribution >= 0.6 is 0 Å². The summed E-state index contributed by atoms with van der Waals surface area (Å²) in [7, 11) is -1.40. The fourth-order valence-corrected chi connectivity index (χ4v) is 2.86. The Hall–Kier alpha value is -1.58. The van der Waals surface area contributed by atoms with E-state index >= 15 is 0 Å². The largest absolute Gasteiger partial charge is 0.488 e. The summed E-state index contributed by atoms with van der Waals surface area (Å²) >= 11 is 0. The molecule has 2 N–H and O–H groups in total. The van der Waals surface area contributed by atoms with Gasteiger partial charge in [0.1, 0.15) is 0 Å². The number of hydrogen-bond acceptors (Lipinski definition) is 2. The molecule has 1 aliphatic rings. The van der Waals surface area contributed by atoms with Crippen LogP contribution in [0.1, 0.15) is 22.3 Å². The van der Waals surface area contributed by atoms with E-state index in [0.717, 1.165) is 17.5 Å². The predicted molar refractivity (Wildman–Crippen MR) is 74.0 cm³/mol. The average molecular weight is 238 g/mol. The molecule has 0 amide bonds. The van der Waals surface area contributed by atoms with Crippen LogP contribution in [0.2, 0.25) is 0 Å². The van der Waals surface area contributed by atoms with Gasteiger partial charge in [0.15, 0.2) is 0 Å². The van der Waals surface area contributed by atoms with Crippen molar-refractivity contribution in [1.29, 1.82) is 0 Å². The molecular weight excluding hydrogens is 223 g/mol. The Kier molecular flexibility index (Phi) is 2.54. The Morgan fingerprint density at radius 1 is 1.00 bits per heavy atom. The average Bonchev–Trinajstić information content (AvgIpc) is 2.72. The number of rotatable bonds is 1. The van der Waals surface area contributed by atoms with E-state index in [-0.39, 0.29) is 0 Å². The minimum absolute atomic E-state index is 0.614. The topological polar surface area (TPSA) is 40.5 Å². The van der Waals surface area contributed by atoms with E-state index < -0.39 is 7.12 Å². The predicted octanol–water partition coefficient (Wildman–Crippen LogP) is 1.55. The third-order valence-corrected chi connectivity index (χ3v) is 4.03. The van der Waals surface area contributed by atoms with Gasteiger partial charge in [0.2, 0.25) is 0 Å². The molecule has 1 aliphatic carbocycles. The zero-order valence-electron chi connectivity index (χ0n) is 10.6. The van der Waals surface area contributed by atoms with Gasteiger partial charge in [-0.1, -0.05) is 30.3 Å². The number of benzene rings is 2. The van der Waals surface area contributed by atoms with Crippen LogP contribution in [0.15, 0.2) is 30.3 Å². The number of hydrogen-bond donors (Lipinski definition) is 2. The van der Waals surface area contributed by atoms with Gasteiger partial charge in [0, 0.05) is 0 Å². The highest BCUT2D eigenvalue weighted by Gasteiger charge is 2.25. The van der Waals surface area contributed by atoms with Crippen molar-refractivity contribution in [1.82, 2.24) is 0 Å². The maximum atomic E-state index is 9.46. The summed E-state index contributed by atoms with van der Waals surface area (Å²) in [6, 6.07) is 10.2. The molecule has 0 bridgehead atoms. The van der Waals surface area contributed by atoms with Crippen LogP contribution in [-0.4, -0.2) is 17.2 Å². The van der Waals surface area contributed by atoms with Crippen molar-refractivity contribution in [2.75, 3.05) is 0 Å². The minimum Gasteiger partial charge on any atom is -0.423 e. The van der Waals surface area contributed by atoms with Gasteiger partial charge in [-0.25, -0.2) is 0 Å². The summed E-state index contributed by atoms with van der Waals surface area (Å²) in [6.45, 7) is 4.01. The van der Waals surface area contributed by atoms with Gasteiger partial charge in [0.05, 0.1) is 0 Å². The van der Waals surface area contributed by atoms with E-state index in [1.165, 1.54) is 22.3 Å². The van der Waals surface area contributed by atoms with Crippen LogP contribution in [0.25, 0.3) is 11.1 Å². The fourth-order valence-electron chi connectivity index (χ4n) is 2.86. The Labute approximate surface area is 107 Å². The molecule has 0 aromatic heterocycles. The molecule has 3 heteroatoms. The van der Waals surface area contributed by atoms with Crippen LogP contribution in [0.3, 0.4) is 0 Å². The van der Waals surface area contributed by atoms with Crippen molar-refractivity contribution in [3.8, 4) is 11.1 Å². The molecule has 0 spiro atoms. The summed E-state index contributed by atoms with van der Waals surface area (Å²) in [4.78, 5) is 0. The first-order chi connectivity index (χ1) is 8.59. The molecule has 0 radical (unpaired) electrons. The standard InChI is InChI=1S/C15H15BO2/c1-9-10(2)15(16(17)18)8-14-12-6-4-3-5-11(12)7-13(9)14/h3-6,8,17-18H,7H2,1-2H3. The molecule has 2 aromatic rings. The highest BCUT2D eigenvalue weighted by molar-refractivity contribution is 6.59. The fraction of sp³-hybridized carbons (Fsp3) is 0.200. The lowest BCUT2D eigenvalue weighted by Crippen LogP contribution is -2.33. The third kappa shape index (κ3) is 1.52. The molecule has 2 nitrogen and oxygen atoms in total. The van der Waals surface area contributed by atoms with E-state index in [4.69, 9.17) is 0 Å². The van der Waals surface area contributed by atoms with Crippen molar-refractivity contribution in [2.24, 2.45) is 0 Å². The van der Waals surface area contributed by atoms with Crippen LogP contribution < -0.4 is 5.46 Å². The molecular formula is C15H15BO2. The summed E-state index contributed by atoms with van der Waals surface area (Å²) in [5.74, 6) is 0. The second-order valence-electron chi connectivity index (χ2n) is 4.95. The molecule has 0 fully saturated rings. The van der Waals surface area contributed by atoms with E-state index in [0.29, 0.717) is 5.46 Å². The molecule has 0 saturated carbocycles. The Morgan fingerprint density at radius 2 is 1.72 bits per heavy atom. The molecule has 2 aromatic carbocycles. The Morgan fingerprint density at radius 3 is 2.44 bits per heavy atom. The van der Waals surface area contributed by atoms with Crippen molar-refractivity contribution in [3.63, 3.8) is 0 Å². The maximum Gasteiger partial charge on any atom is 0.488 e. The molecule has 0 aliphatic heterocycles. The highest BCUT2D eigenvalue weighted by atomic mass is 16.4. The van der Waals surface area contributed by atoms with Gasteiger partial charge in [0.25, 0.3) is 0 Å². The zero-order chi connectivity index (χ0) is 12.9. The van der Waals surface area contributed by atoms with Crippen LogP contribution in [-0.2, 0) is 6.42 Å². The van der Waals surface area contributed by atoms with Gasteiger partial charge in [-0.3, -0.25) is 0 Å². The Bertz CT molecular complexity index is 633. The molecule has 90 valence electrons. The lowest BCUT2D eigenvalue weighted by atomic mass is 9.74. The van der Waals surface area contributed by atoms with Gasteiger partial charge in [-0.2, -0.15) is 0 Å². The maximum absolute atomic E-state index is 9.46. The normalized spacial score (nSPS) is 12.2. The van der Waals surface area contributed by atoms with Crippen LogP contribution in [0, 0.1) is 13.8 Å². The lowest BCUT2D eigenvalue weighted by molar-refractivity contribution is 0.425. The third-order valence-electron chi connectivity index (χ3n) is 4.03. The Balaban J connectivity index is 2.30. The molecule has 0 saturated heterocycles. The first-order valence-electron chi connectivity index (χ1n) is 6.17. The van der Waals surface area contributed by atoms with Crippen molar-refractivity contribution >= 4 is 12.6 Å². The molecule has 0 heterocycles. The van der Waals surface area contributed by atoms with Gasteiger partial charge in [-0.15, -0.1) is 0 Å². The minimum atomic E-state index is -1.40. The van der Waals surface area contributed by atoms with Crippen LogP contribution in [0.5, 0.6) is 0 Å². The molecule has 0 atom stereocenters. The highest BCUT2D eigenvalue weighted by Crippen LogP contribution is 2.38. The van der Waals surface area contributed by atoms with Gasteiger partial charge < -0.3 is 10.0 Å². The molecule has 18 heavy (non-hydrogen) atoms. The van der Waals surface area contributed by atoms with E-state index in [1.807, 2.05) is 19.1 Å². The summed E-state index contributed by atoms with van der Waals surface area (Å²) in [6.07, 6.45) is 0.944. The van der Waals surface area contributed by atoms with Crippen molar-refractivity contribution in [2.45, 2.75) is 20.3 Å². The summed E-state index contributed by atoms with van der Waals surface area (Å²) in [5, 5.41) is 18.9. The van der Waals surface area contributed by atoms with Gasteiger partial charge in [-0.05, 0) is 59.1 Å². The monoisotopic (exact) mass is 238 g/mol. The first kappa shape index (κ1) is 11.5. The lowest BCUT2D eigenvalue weighted by Gasteiger charge is -2.13. The second-order valence-corrected chi connectivity index (χ2v) is 4.95. The van der Waals surface area contributed by atoms with Crippen molar-refractivity contribution < 1.29 is 10.0 Å². The SMILES string of the molecule is Cc1c(B(O)O)cc2c(c1C)Cc1ccccc1-2. The van der Waals surface area contributed by atoms with E-state index in [9.17, 15) is 10.0 Å². The summed E-state index contributed by atoms with van der Waals surface area (Å²) < 4.78 is 0.